The molecule has 0 amide bonds. The van der Waals surface area contributed by atoms with Crippen molar-refractivity contribution in [1.29, 1.82) is 0 Å². The van der Waals surface area contributed by atoms with Crippen molar-refractivity contribution in [3.05, 3.63) is 34.2 Å². The monoisotopic (exact) mass is 205 g/mol. The van der Waals surface area contributed by atoms with E-state index in [1.54, 1.807) is 7.11 Å². The molecule has 0 unspecified atom stereocenters. The Morgan fingerprint density at radius 2 is 2.53 bits per heavy atom. The highest BCUT2D eigenvalue weighted by Gasteiger charge is 2.24. The molecule has 1 aromatic carbocycles. The fourth-order valence-corrected chi connectivity index (χ4v) is 1.70. The fourth-order valence-electron chi connectivity index (χ4n) is 1.70. The van der Waals surface area contributed by atoms with Crippen LogP contribution in [0.2, 0.25) is 0 Å². The van der Waals surface area contributed by atoms with Gasteiger partial charge in [0.05, 0.1) is 13.7 Å². The van der Waals surface area contributed by atoms with Gasteiger partial charge in [-0.15, -0.1) is 0 Å². The van der Waals surface area contributed by atoms with Crippen LogP contribution in [-0.2, 0) is 6.42 Å². The average Bonchev–Trinajstić information content (AvgIpc) is 2.68. The lowest BCUT2D eigenvalue weighted by molar-refractivity contribution is 0.231. The lowest BCUT2D eigenvalue weighted by atomic mass is 10.1. The first kappa shape index (κ1) is 9.68. The minimum absolute atomic E-state index is 0.0628. The molecular formula is C10H11N3O2. The van der Waals surface area contributed by atoms with Crippen molar-refractivity contribution in [2.24, 2.45) is 5.11 Å². The number of fused-ring (bicyclic) bond motifs is 1. The first-order valence-electron chi connectivity index (χ1n) is 4.68. The summed E-state index contributed by atoms with van der Waals surface area (Å²) in [6.07, 6.45) is 0.707. The lowest BCUT2D eigenvalue weighted by Crippen LogP contribution is -2.16. The van der Waals surface area contributed by atoms with Crippen LogP contribution in [0.25, 0.3) is 10.4 Å². The first-order valence-corrected chi connectivity index (χ1v) is 4.68. The van der Waals surface area contributed by atoms with Gasteiger partial charge in [-0.1, -0.05) is 17.2 Å². The summed E-state index contributed by atoms with van der Waals surface area (Å²) in [6, 6.07) is 5.78. The highest BCUT2D eigenvalue weighted by molar-refractivity contribution is 5.49. The Bertz CT molecular complexity index is 413. The standard InChI is InChI=1S/C10H11N3O2/c1-14-9-4-2-3-7-5-8(6-12-13-11)15-10(7)9/h2-4,8H,5-6H2,1H3/t8-/m0/s1. The summed E-state index contributed by atoms with van der Waals surface area (Å²) in [4.78, 5) is 2.72. The van der Waals surface area contributed by atoms with Crippen LogP contribution in [0.3, 0.4) is 0 Å². The van der Waals surface area contributed by atoms with E-state index in [1.165, 1.54) is 0 Å². The molecule has 0 N–H and O–H groups in total. The summed E-state index contributed by atoms with van der Waals surface area (Å²) < 4.78 is 10.8. The third-order valence-electron chi connectivity index (χ3n) is 2.36. The van der Waals surface area contributed by atoms with Crippen molar-refractivity contribution in [2.75, 3.05) is 13.7 Å². The summed E-state index contributed by atoms with van der Waals surface area (Å²) in [5, 5.41) is 3.51. The number of benzene rings is 1. The van der Waals surface area contributed by atoms with Crippen molar-refractivity contribution in [3.63, 3.8) is 0 Å². The van der Waals surface area contributed by atoms with Crippen LogP contribution in [0.15, 0.2) is 23.3 Å². The molecule has 15 heavy (non-hydrogen) atoms. The smallest absolute Gasteiger partial charge is 0.164 e. The lowest BCUT2D eigenvalue weighted by Gasteiger charge is -2.08. The molecule has 2 rings (SSSR count). The first-order chi connectivity index (χ1) is 7.35. The number of ether oxygens (including phenoxy) is 2. The van der Waals surface area contributed by atoms with E-state index in [0.29, 0.717) is 6.54 Å². The van der Waals surface area contributed by atoms with E-state index in [4.69, 9.17) is 15.0 Å². The molecule has 0 fully saturated rings. The highest BCUT2D eigenvalue weighted by atomic mass is 16.5. The van der Waals surface area contributed by atoms with Gasteiger partial charge < -0.3 is 9.47 Å². The summed E-state index contributed by atoms with van der Waals surface area (Å²) in [5.74, 6) is 1.51. The van der Waals surface area contributed by atoms with Crippen LogP contribution in [0.1, 0.15) is 5.56 Å². The topological polar surface area (TPSA) is 67.2 Å². The highest BCUT2D eigenvalue weighted by Crippen LogP contribution is 2.37. The van der Waals surface area contributed by atoms with Gasteiger partial charge >= 0.3 is 0 Å². The summed E-state index contributed by atoms with van der Waals surface area (Å²) in [6.45, 7) is 0.355. The van der Waals surface area contributed by atoms with Gasteiger partial charge in [0.15, 0.2) is 11.5 Å². The molecule has 0 aromatic heterocycles. The molecule has 1 aliphatic heterocycles. The largest absolute Gasteiger partial charge is 0.493 e. The minimum atomic E-state index is -0.0628. The summed E-state index contributed by atoms with van der Waals surface area (Å²) in [7, 11) is 1.61. The molecule has 1 aliphatic rings. The Hall–Kier alpha value is -1.87. The van der Waals surface area contributed by atoms with E-state index in [9.17, 15) is 0 Å². The molecule has 0 bridgehead atoms. The number of azide groups is 1. The van der Waals surface area contributed by atoms with Crippen molar-refractivity contribution >= 4 is 0 Å². The Morgan fingerprint density at radius 3 is 3.27 bits per heavy atom. The van der Waals surface area contributed by atoms with Gasteiger partial charge in [0, 0.05) is 16.9 Å². The molecule has 0 aliphatic carbocycles. The van der Waals surface area contributed by atoms with Crippen molar-refractivity contribution in [1.82, 2.24) is 0 Å². The molecule has 0 radical (unpaired) electrons. The molecule has 0 spiro atoms. The van der Waals surface area contributed by atoms with E-state index in [0.717, 1.165) is 23.5 Å². The Labute approximate surface area is 87.2 Å². The van der Waals surface area contributed by atoms with Crippen LogP contribution < -0.4 is 9.47 Å². The summed E-state index contributed by atoms with van der Waals surface area (Å²) in [5.41, 5.74) is 9.33. The predicted molar refractivity (Wildman–Crippen MR) is 55.1 cm³/mol. The molecule has 0 saturated carbocycles. The van der Waals surface area contributed by atoms with Crippen LogP contribution in [0, 0.1) is 0 Å². The molecule has 78 valence electrons. The minimum Gasteiger partial charge on any atom is -0.493 e. The number of nitrogens with zero attached hydrogens (tertiary/aromatic N) is 3. The van der Waals surface area contributed by atoms with Gasteiger partial charge in [-0.3, -0.25) is 0 Å². The fraction of sp³-hybridized carbons (Fsp3) is 0.400. The quantitative estimate of drug-likeness (QED) is 0.431. The van der Waals surface area contributed by atoms with Crippen molar-refractivity contribution in [2.45, 2.75) is 12.5 Å². The third kappa shape index (κ3) is 1.82. The molecule has 5 nitrogen and oxygen atoms in total. The van der Waals surface area contributed by atoms with Crippen molar-refractivity contribution < 1.29 is 9.47 Å². The van der Waals surface area contributed by atoms with Crippen LogP contribution >= 0.6 is 0 Å². The zero-order chi connectivity index (χ0) is 10.7. The zero-order valence-electron chi connectivity index (χ0n) is 8.38. The Balaban J connectivity index is 2.19. The normalized spacial score (nSPS) is 17.5. The van der Waals surface area contributed by atoms with Gasteiger partial charge in [0.1, 0.15) is 6.10 Å². The molecule has 5 heteroatoms. The second-order valence-electron chi connectivity index (χ2n) is 3.31. The number of hydrogen-bond donors (Lipinski definition) is 0. The van der Waals surface area contributed by atoms with Crippen LogP contribution in [0.5, 0.6) is 11.5 Å². The van der Waals surface area contributed by atoms with Crippen LogP contribution in [-0.4, -0.2) is 19.8 Å². The third-order valence-corrected chi connectivity index (χ3v) is 2.36. The van der Waals surface area contributed by atoms with E-state index >= 15 is 0 Å². The number of para-hydroxylation sites is 1. The molecular weight excluding hydrogens is 194 g/mol. The summed E-state index contributed by atoms with van der Waals surface area (Å²) >= 11 is 0. The van der Waals surface area contributed by atoms with Crippen LogP contribution in [0.4, 0.5) is 0 Å². The number of methoxy groups -OCH3 is 1. The van der Waals surface area contributed by atoms with E-state index < -0.39 is 0 Å². The molecule has 1 atom stereocenters. The maximum absolute atomic E-state index is 8.22. The van der Waals surface area contributed by atoms with E-state index in [-0.39, 0.29) is 6.10 Å². The molecule has 1 aromatic rings. The van der Waals surface area contributed by atoms with E-state index in [1.807, 2.05) is 18.2 Å². The second kappa shape index (κ2) is 4.11. The van der Waals surface area contributed by atoms with Gasteiger partial charge in [-0.25, -0.2) is 0 Å². The predicted octanol–water partition coefficient (Wildman–Crippen LogP) is 2.31. The average molecular weight is 205 g/mol. The van der Waals surface area contributed by atoms with Gasteiger partial charge in [-0.2, -0.15) is 0 Å². The van der Waals surface area contributed by atoms with Crippen molar-refractivity contribution in [3.8, 4) is 11.5 Å². The van der Waals surface area contributed by atoms with Gasteiger partial charge in [-0.05, 0) is 11.6 Å². The van der Waals surface area contributed by atoms with Gasteiger partial charge in [0.25, 0.3) is 0 Å². The SMILES string of the molecule is COc1cccc2c1O[C@H](CN=[N+]=[N-])C2. The molecule has 1 heterocycles. The Kier molecular flexibility index (Phi) is 2.65. The Morgan fingerprint density at radius 1 is 1.67 bits per heavy atom. The maximum atomic E-state index is 8.22. The number of hydrogen-bond acceptors (Lipinski definition) is 3. The van der Waals surface area contributed by atoms with E-state index in [2.05, 4.69) is 10.0 Å². The van der Waals surface area contributed by atoms with Gasteiger partial charge in [0.2, 0.25) is 0 Å². The maximum Gasteiger partial charge on any atom is 0.164 e. The second-order valence-corrected chi connectivity index (χ2v) is 3.31. The zero-order valence-corrected chi connectivity index (χ0v) is 8.38. The number of rotatable bonds is 3. The molecule has 0 saturated heterocycles.